The number of amides is 2. The summed E-state index contributed by atoms with van der Waals surface area (Å²) in [6, 6.07) is 10.5. The molecule has 1 aliphatic rings. The Labute approximate surface area is 148 Å². The third-order valence-electron chi connectivity index (χ3n) is 3.85. The van der Waals surface area contributed by atoms with E-state index in [4.69, 9.17) is 23.2 Å². The summed E-state index contributed by atoms with van der Waals surface area (Å²) in [6.07, 6.45) is 0.0747. The minimum Gasteiger partial charge on any atom is -0.323 e. The van der Waals surface area contributed by atoms with E-state index in [2.05, 4.69) is 5.32 Å². The van der Waals surface area contributed by atoms with Crippen molar-refractivity contribution in [3.8, 4) is 0 Å². The van der Waals surface area contributed by atoms with Crippen LogP contribution in [0.15, 0.2) is 42.5 Å². The highest BCUT2D eigenvalue weighted by Crippen LogP contribution is 2.32. The lowest BCUT2D eigenvalue weighted by Crippen LogP contribution is -2.28. The lowest BCUT2D eigenvalue weighted by atomic mass is 10.1. The number of benzene rings is 2. The third-order valence-corrected chi connectivity index (χ3v) is 4.48. The molecule has 2 aromatic rings. The number of carbonyl (C=O) groups excluding carboxylic acids is 2. The quantitative estimate of drug-likeness (QED) is 0.887. The normalized spacial score (nSPS) is 17.2. The number of nitrogens with zero attached hydrogens (tertiary/aromatic N) is 1. The zero-order chi connectivity index (χ0) is 17.3. The van der Waals surface area contributed by atoms with Crippen molar-refractivity contribution >= 4 is 46.4 Å². The van der Waals surface area contributed by atoms with Gasteiger partial charge in [-0.15, -0.1) is 0 Å². The standard InChI is InChI=1S/C17H13Cl2FN2O2/c18-13-2-1-3-14(19)16(13)21-17(24)10-8-15(23)22(9-10)12-6-4-11(20)5-7-12/h1-7,10H,8-9H2,(H,21,24). The number of para-hydroxylation sites is 1. The second-order valence-corrected chi connectivity index (χ2v) is 6.28. The maximum Gasteiger partial charge on any atom is 0.229 e. The average Bonchev–Trinajstić information content (AvgIpc) is 2.94. The van der Waals surface area contributed by atoms with Crippen molar-refractivity contribution in [2.75, 3.05) is 16.8 Å². The first-order valence-electron chi connectivity index (χ1n) is 7.26. The van der Waals surface area contributed by atoms with Gasteiger partial charge >= 0.3 is 0 Å². The van der Waals surface area contributed by atoms with Crippen LogP contribution < -0.4 is 10.2 Å². The first kappa shape index (κ1) is 16.7. The van der Waals surface area contributed by atoms with E-state index in [1.54, 1.807) is 18.2 Å². The van der Waals surface area contributed by atoms with Gasteiger partial charge in [0.05, 0.1) is 21.7 Å². The van der Waals surface area contributed by atoms with Crippen LogP contribution in [0.25, 0.3) is 0 Å². The van der Waals surface area contributed by atoms with Crippen molar-refractivity contribution in [1.82, 2.24) is 0 Å². The Morgan fingerprint density at radius 1 is 1.12 bits per heavy atom. The predicted octanol–water partition coefficient (Wildman–Crippen LogP) is 4.12. The lowest BCUT2D eigenvalue weighted by molar-refractivity contribution is -0.122. The van der Waals surface area contributed by atoms with Crippen molar-refractivity contribution < 1.29 is 14.0 Å². The molecule has 1 aliphatic heterocycles. The van der Waals surface area contributed by atoms with E-state index >= 15 is 0 Å². The number of hydrogen-bond donors (Lipinski definition) is 1. The highest BCUT2D eigenvalue weighted by Gasteiger charge is 2.35. The van der Waals surface area contributed by atoms with Crippen molar-refractivity contribution in [2.24, 2.45) is 5.92 Å². The van der Waals surface area contributed by atoms with Gasteiger partial charge in [0.15, 0.2) is 0 Å². The maximum absolute atomic E-state index is 13.0. The van der Waals surface area contributed by atoms with Gasteiger partial charge in [-0.1, -0.05) is 29.3 Å². The molecule has 2 aromatic carbocycles. The first-order chi connectivity index (χ1) is 11.5. The maximum atomic E-state index is 13.0. The summed E-state index contributed by atoms with van der Waals surface area (Å²) in [7, 11) is 0. The number of anilines is 2. The molecule has 1 fully saturated rings. The molecule has 0 aromatic heterocycles. The first-order valence-corrected chi connectivity index (χ1v) is 8.02. The second kappa shape index (κ2) is 6.79. The molecule has 2 amide bonds. The molecule has 0 bridgehead atoms. The number of nitrogens with one attached hydrogen (secondary N) is 1. The van der Waals surface area contributed by atoms with Crippen LogP contribution in [0.4, 0.5) is 15.8 Å². The fourth-order valence-electron chi connectivity index (χ4n) is 2.60. The second-order valence-electron chi connectivity index (χ2n) is 5.47. The molecule has 1 unspecified atom stereocenters. The summed E-state index contributed by atoms with van der Waals surface area (Å²) in [6.45, 7) is 0.221. The lowest BCUT2D eigenvalue weighted by Gasteiger charge is -2.17. The van der Waals surface area contributed by atoms with Crippen LogP contribution in [0.2, 0.25) is 10.0 Å². The highest BCUT2D eigenvalue weighted by atomic mass is 35.5. The van der Waals surface area contributed by atoms with Crippen LogP contribution in [-0.2, 0) is 9.59 Å². The molecule has 0 aliphatic carbocycles. The van der Waals surface area contributed by atoms with Crippen LogP contribution >= 0.6 is 23.2 Å². The monoisotopic (exact) mass is 366 g/mol. The minimum absolute atomic E-state index is 0.0747. The summed E-state index contributed by atoms with van der Waals surface area (Å²) >= 11 is 12.1. The molecule has 0 spiro atoms. The Morgan fingerprint density at radius 2 is 1.75 bits per heavy atom. The van der Waals surface area contributed by atoms with Crippen LogP contribution in [0, 0.1) is 11.7 Å². The van der Waals surface area contributed by atoms with E-state index in [1.165, 1.54) is 29.2 Å². The molecule has 1 saturated heterocycles. The fourth-order valence-corrected chi connectivity index (χ4v) is 3.09. The predicted molar refractivity (Wildman–Crippen MR) is 92.0 cm³/mol. The molecule has 124 valence electrons. The molecule has 1 heterocycles. The van der Waals surface area contributed by atoms with Crippen LogP contribution in [0.3, 0.4) is 0 Å². The third kappa shape index (κ3) is 3.37. The van der Waals surface area contributed by atoms with Gasteiger partial charge in [-0.2, -0.15) is 0 Å². The molecule has 24 heavy (non-hydrogen) atoms. The molecule has 0 saturated carbocycles. The largest absolute Gasteiger partial charge is 0.323 e. The van der Waals surface area contributed by atoms with Gasteiger partial charge in [0.2, 0.25) is 11.8 Å². The molecule has 1 N–H and O–H groups in total. The Morgan fingerprint density at radius 3 is 2.38 bits per heavy atom. The van der Waals surface area contributed by atoms with E-state index in [-0.39, 0.29) is 30.6 Å². The summed E-state index contributed by atoms with van der Waals surface area (Å²) in [4.78, 5) is 26.1. The van der Waals surface area contributed by atoms with Gasteiger partial charge in [0.25, 0.3) is 0 Å². The number of halogens is 3. The topological polar surface area (TPSA) is 49.4 Å². The summed E-state index contributed by atoms with van der Waals surface area (Å²) in [5.41, 5.74) is 0.894. The molecule has 3 rings (SSSR count). The molecule has 0 radical (unpaired) electrons. The van der Waals surface area contributed by atoms with Gasteiger partial charge in [-0.25, -0.2) is 4.39 Å². The van der Waals surface area contributed by atoms with E-state index in [1.807, 2.05) is 0 Å². The van der Waals surface area contributed by atoms with Crippen LogP contribution in [0.5, 0.6) is 0 Å². The van der Waals surface area contributed by atoms with E-state index in [9.17, 15) is 14.0 Å². The van der Waals surface area contributed by atoms with E-state index < -0.39 is 5.92 Å². The fraction of sp³-hybridized carbons (Fsp3) is 0.176. The van der Waals surface area contributed by atoms with Gasteiger partial charge in [-0.3, -0.25) is 9.59 Å². The number of rotatable bonds is 3. The van der Waals surface area contributed by atoms with Crippen molar-refractivity contribution in [2.45, 2.75) is 6.42 Å². The Hall–Kier alpha value is -2.11. The van der Waals surface area contributed by atoms with Gasteiger partial charge in [0.1, 0.15) is 5.82 Å². The van der Waals surface area contributed by atoms with E-state index in [0.29, 0.717) is 21.4 Å². The SMILES string of the molecule is O=C(Nc1c(Cl)cccc1Cl)C1CC(=O)N(c2ccc(F)cc2)C1. The van der Waals surface area contributed by atoms with Crippen molar-refractivity contribution in [3.05, 3.63) is 58.3 Å². The summed E-state index contributed by atoms with van der Waals surface area (Å²) < 4.78 is 13.0. The van der Waals surface area contributed by atoms with Crippen molar-refractivity contribution in [1.29, 1.82) is 0 Å². The van der Waals surface area contributed by atoms with E-state index in [0.717, 1.165) is 0 Å². The number of hydrogen-bond acceptors (Lipinski definition) is 2. The molecule has 1 atom stereocenters. The highest BCUT2D eigenvalue weighted by molar-refractivity contribution is 6.39. The molecule has 7 heteroatoms. The van der Waals surface area contributed by atoms with Crippen LogP contribution in [-0.4, -0.2) is 18.4 Å². The molecule has 4 nitrogen and oxygen atoms in total. The average molecular weight is 367 g/mol. The van der Waals surface area contributed by atoms with Crippen molar-refractivity contribution in [3.63, 3.8) is 0 Å². The smallest absolute Gasteiger partial charge is 0.229 e. The Balaban J connectivity index is 1.73. The number of carbonyl (C=O) groups is 2. The Bertz CT molecular complexity index is 775. The Kier molecular flexibility index (Phi) is 4.73. The molecular formula is C17H13Cl2FN2O2. The van der Waals surface area contributed by atoms with Gasteiger partial charge < -0.3 is 10.2 Å². The van der Waals surface area contributed by atoms with Crippen LogP contribution in [0.1, 0.15) is 6.42 Å². The van der Waals surface area contributed by atoms with Gasteiger partial charge in [-0.05, 0) is 36.4 Å². The summed E-state index contributed by atoms with van der Waals surface area (Å²) in [5, 5.41) is 3.34. The zero-order valence-corrected chi connectivity index (χ0v) is 13.9. The minimum atomic E-state index is -0.533. The zero-order valence-electron chi connectivity index (χ0n) is 12.4. The van der Waals surface area contributed by atoms with Gasteiger partial charge in [0, 0.05) is 18.7 Å². The molecular weight excluding hydrogens is 354 g/mol. The summed E-state index contributed by atoms with van der Waals surface area (Å²) in [5.74, 6) is -1.43.